The van der Waals surface area contributed by atoms with Gasteiger partial charge in [-0.25, -0.2) is 4.98 Å². The van der Waals surface area contributed by atoms with E-state index in [0.717, 1.165) is 4.47 Å². The van der Waals surface area contributed by atoms with Crippen LogP contribution in [0.1, 0.15) is 6.42 Å². The zero-order valence-corrected chi connectivity index (χ0v) is 9.54. The lowest BCUT2D eigenvalue weighted by atomic mass is 10.2. The third-order valence-corrected chi connectivity index (χ3v) is 2.79. The third kappa shape index (κ3) is 2.38. The van der Waals surface area contributed by atoms with Gasteiger partial charge >= 0.3 is 0 Å². The topological polar surface area (TPSA) is 80.0 Å². The summed E-state index contributed by atoms with van der Waals surface area (Å²) in [6.45, 7) is 0.636. The quantitative estimate of drug-likeness (QED) is 0.740. The predicted octanol–water partition coefficient (Wildman–Crippen LogP) is 0.727. The molecule has 1 unspecified atom stereocenters. The molecule has 1 saturated heterocycles. The van der Waals surface area contributed by atoms with Gasteiger partial charge in [-0.05, 0) is 22.0 Å². The molecule has 2 heterocycles. The summed E-state index contributed by atoms with van der Waals surface area (Å²) in [5, 5.41) is 5.92. The lowest BCUT2D eigenvalue weighted by Gasteiger charge is -2.12. The summed E-state index contributed by atoms with van der Waals surface area (Å²) in [7, 11) is 0. The molecule has 0 bridgehead atoms. The largest absolute Gasteiger partial charge is 0.397 e. The third-order valence-electron chi connectivity index (χ3n) is 2.18. The standard InChI is InChI=1S/C9H11BrN4O/c10-7-1-5(11)3-13-9(7)14-6-2-8(15)12-4-6/h1,3,6H,2,4,11H2,(H,12,15)(H,13,14). The van der Waals surface area contributed by atoms with Crippen molar-refractivity contribution >= 4 is 33.3 Å². The zero-order valence-electron chi connectivity index (χ0n) is 7.96. The molecule has 6 heteroatoms. The van der Waals surface area contributed by atoms with Gasteiger partial charge in [-0.3, -0.25) is 4.79 Å². The molecule has 1 fully saturated rings. The lowest BCUT2D eigenvalue weighted by molar-refractivity contribution is -0.119. The fourth-order valence-corrected chi connectivity index (χ4v) is 1.94. The van der Waals surface area contributed by atoms with Crippen LogP contribution in [0.25, 0.3) is 0 Å². The van der Waals surface area contributed by atoms with Crippen molar-refractivity contribution < 1.29 is 4.79 Å². The average molecular weight is 271 g/mol. The molecule has 1 aliphatic heterocycles. The second-order valence-electron chi connectivity index (χ2n) is 3.45. The molecule has 0 aliphatic carbocycles. The Labute approximate surface area is 95.6 Å². The van der Waals surface area contributed by atoms with Crippen molar-refractivity contribution in [2.75, 3.05) is 17.6 Å². The van der Waals surface area contributed by atoms with Gasteiger partial charge in [0.15, 0.2) is 0 Å². The molecule has 1 aromatic rings. The van der Waals surface area contributed by atoms with Crippen LogP contribution in [0.3, 0.4) is 0 Å². The normalized spacial score (nSPS) is 20.1. The molecule has 1 atom stereocenters. The van der Waals surface area contributed by atoms with E-state index in [4.69, 9.17) is 5.73 Å². The molecule has 0 saturated carbocycles. The molecule has 1 aliphatic rings. The summed E-state index contributed by atoms with van der Waals surface area (Å²) in [6, 6.07) is 1.88. The first-order valence-electron chi connectivity index (χ1n) is 4.59. The summed E-state index contributed by atoms with van der Waals surface area (Å²) < 4.78 is 0.807. The van der Waals surface area contributed by atoms with E-state index in [1.165, 1.54) is 0 Å². The van der Waals surface area contributed by atoms with Crippen LogP contribution >= 0.6 is 15.9 Å². The minimum Gasteiger partial charge on any atom is -0.397 e. The average Bonchev–Trinajstić information content (AvgIpc) is 2.56. The maximum atomic E-state index is 11.0. The van der Waals surface area contributed by atoms with Gasteiger partial charge in [0.1, 0.15) is 5.82 Å². The first-order chi connectivity index (χ1) is 7.15. The van der Waals surface area contributed by atoms with Crippen LogP contribution < -0.4 is 16.4 Å². The van der Waals surface area contributed by atoms with E-state index < -0.39 is 0 Å². The smallest absolute Gasteiger partial charge is 0.222 e. The molecule has 0 radical (unpaired) electrons. The number of aromatic nitrogens is 1. The number of rotatable bonds is 2. The highest BCUT2D eigenvalue weighted by Gasteiger charge is 2.21. The molecule has 1 amide bonds. The summed E-state index contributed by atoms with van der Waals surface area (Å²) in [6.07, 6.45) is 2.07. The number of hydrogen-bond donors (Lipinski definition) is 3. The van der Waals surface area contributed by atoms with Crippen molar-refractivity contribution in [3.05, 3.63) is 16.7 Å². The Morgan fingerprint density at radius 2 is 2.47 bits per heavy atom. The van der Waals surface area contributed by atoms with E-state index in [2.05, 4.69) is 31.5 Å². The first kappa shape index (κ1) is 10.2. The molecule has 4 N–H and O–H groups in total. The van der Waals surface area contributed by atoms with E-state index in [0.29, 0.717) is 24.5 Å². The number of nitrogens with one attached hydrogen (secondary N) is 2. The molecule has 0 spiro atoms. The number of carbonyl (C=O) groups is 1. The molecule has 80 valence electrons. The molecule has 5 nitrogen and oxygen atoms in total. The summed E-state index contributed by atoms with van der Waals surface area (Å²) >= 11 is 3.36. The van der Waals surface area contributed by atoms with Crippen molar-refractivity contribution in [2.24, 2.45) is 0 Å². The van der Waals surface area contributed by atoms with Gasteiger partial charge in [0.05, 0.1) is 22.4 Å². The second kappa shape index (κ2) is 4.06. The second-order valence-corrected chi connectivity index (χ2v) is 4.30. The summed E-state index contributed by atoms with van der Waals surface area (Å²) in [5.41, 5.74) is 6.18. The van der Waals surface area contributed by atoms with Gasteiger partial charge in [0, 0.05) is 13.0 Å². The van der Waals surface area contributed by atoms with Crippen LogP contribution in [0.2, 0.25) is 0 Å². The Kier molecular flexibility index (Phi) is 2.77. The van der Waals surface area contributed by atoms with Crippen molar-refractivity contribution in [1.82, 2.24) is 10.3 Å². The highest BCUT2D eigenvalue weighted by Crippen LogP contribution is 2.23. The zero-order chi connectivity index (χ0) is 10.8. The van der Waals surface area contributed by atoms with Crippen LogP contribution in [0.15, 0.2) is 16.7 Å². The van der Waals surface area contributed by atoms with Gasteiger partial charge in [0.2, 0.25) is 5.91 Å². The number of anilines is 2. The van der Waals surface area contributed by atoms with Crippen molar-refractivity contribution in [3.63, 3.8) is 0 Å². The van der Waals surface area contributed by atoms with Crippen LogP contribution in [0, 0.1) is 0 Å². The first-order valence-corrected chi connectivity index (χ1v) is 5.38. The Bertz CT molecular complexity index is 396. The summed E-state index contributed by atoms with van der Waals surface area (Å²) in [4.78, 5) is 15.1. The highest BCUT2D eigenvalue weighted by molar-refractivity contribution is 9.10. The number of nitrogens with two attached hydrogens (primary N) is 1. The Morgan fingerprint density at radius 3 is 3.07 bits per heavy atom. The number of halogens is 1. The maximum absolute atomic E-state index is 11.0. The Hall–Kier alpha value is -1.30. The predicted molar refractivity (Wildman–Crippen MR) is 61.4 cm³/mol. The van der Waals surface area contributed by atoms with E-state index in [9.17, 15) is 4.79 Å². The Balaban J connectivity index is 2.07. The van der Waals surface area contributed by atoms with E-state index in [-0.39, 0.29) is 11.9 Å². The van der Waals surface area contributed by atoms with Crippen LogP contribution in [0.4, 0.5) is 11.5 Å². The number of hydrogen-bond acceptors (Lipinski definition) is 4. The van der Waals surface area contributed by atoms with Crippen LogP contribution in [0.5, 0.6) is 0 Å². The minimum absolute atomic E-state index is 0.0686. The van der Waals surface area contributed by atoms with Crippen molar-refractivity contribution in [3.8, 4) is 0 Å². The summed E-state index contributed by atoms with van der Waals surface area (Å²) in [5.74, 6) is 0.782. The monoisotopic (exact) mass is 270 g/mol. The molecule has 2 rings (SSSR count). The van der Waals surface area contributed by atoms with E-state index in [1.807, 2.05) is 0 Å². The molecular formula is C9H11BrN4O. The van der Waals surface area contributed by atoms with E-state index in [1.54, 1.807) is 12.3 Å². The van der Waals surface area contributed by atoms with Gasteiger partial charge < -0.3 is 16.4 Å². The highest BCUT2D eigenvalue weighted by atomic mass is 79.9. The molecule has 1 aromatic heterocycles. The van der Waals surface area contributed by atoms with Crippen LogP contribution in [-0.2, 0) is 4.79 Å². The SMILES string of the molecule is Nc1cnc(NC2CNC(=O)C2)c(Br)c1. The van der Waals surface area contributed by atoms with Gasteiger partial charge in [0.25, 0.3) is 0 Å². The number of amides is 1. The van der Waals surface area contributed by atoms with Gasteiger partial charge in [-0.1, -0.05) is 0 Å². The molecule has 0 aromatic carbocycles. The van der Waals surface area contributed by atoms with Gasteiger partial charge in [-0.15, -0.1) is 0 Å². The Morgan fingerprint density at radius 1 is 1.67 bits per heavy atom. The minimum atomic E-state index is 0.0686. The number of nitrogens with zero attached hydrogens (tertiary/aromatic N) is 1. The fourth-order valence-electron chi connectivity index (χ4n) is 1.46. The van der Waals surface area contributed by atoms with E-state index >= 15 is 0 Å². The van der Waals surface area contributed by atoms with Crippen molar-refractivity contribution in [1.29, 1.82) is 0 Å². The fraction of sp³-hybridized carbons (Fsp3) is 0.333. The van der Waals surface area contributed by atoms with Gasteiger partial charge in [-0.2, -0.15) is 0 Å². The number of carbonyl (C=O) groups excluding carboxylic acids is 1. The number of nitrogen functional groups attached to an aromatic ring is 1. The van der Waals surface area contributed by atoms with Crippen LogP contribution in [-0.4, -0.2) is 23.5 Å². The lowest BCUT2D eigenvalue weighted by Crippen LogP contribution is -2.23. The molecular weight excluding hydrogens is 260 g/mol. The number of pyridine rings is 1. The van der Waals surface area contributed by atoms with Crippen molar-refractivity contribution in [2.45, 2.75) is 12.5 Å². The molecule has 15 heavy (non-hydrogen) atoms. The maximum Gasteiger partial charge on any atom is 0.222 e.